The number of hydrogen-bond acceptors (Lipinski definition) is 3. The molecule has 1 fully saturated rings. The molecule has 0 radical (unpaired) electrons. The number of nitrogens with one attached hydrogen (secondary N) is 1. The Hall–Kier alpha value is -1.42. The van der Waals surface area contributed by atoms with E-state index >= 15 is 0 Å². The number of aryl methyl sites for hydroxylation is 1. The van der Waals surface area contributed by atoms with E-state index in [0.717, 1.165) is 25.0 Å². The lowest BCUT2D eigenvalue weighted by Crippen LogP contribution is -2.68. The highest BCUT2D eigenvalue weighted by Crippen LogP contribution is 2.51. The van der Waals surface area contributed by atoms with Crippen LogP contribution in [0, 0.1) is 5.41 Å². The fourth-order valence-corrected chi connectivity index (χ4v) is 2.97. The van der Waals surface area contributed by atoms with E-state index in [0.29, 0.717) is 6.42 Å². The highest BCUT2D eigenvalue weighted by atomic mass is 16.5. The quantitative estimate of drug-likeness (QED) is 0.876. The average Bonchev–Trinajstić information content (AvgIpc) is 2.47. The van der Waals surface area contributed by atoms with Gasteiger partial charge in [0, 0.05) is 36.9 Å². The second-order valence-corrected chi connectivity index (χ2v) is 6.66. The Balaban J connectivity index is 1.74. The summed E-state index contributed by atoms with van der Waals surface area (Å²) in [6, 6.07) is 6.08. The van der Waals surface area contributed by atoms with Gasteiger partial charge in [-0.3, -0.25) is 9.78 Å². The maximum Gasteiger partial charge on any atom is 0.220 e. The van der Waals surface area contributed by atoms with Gasteiger partial charge in [0.05, 0.1) is 5.60 Å². The van der Waals surface area contributed by atoms with Crippen LogP contribution in [-0.4, -0.2) is 29.6 Å². The molecule has 1 aromatic rings. The summed E-state index contributed by atoms with van der Waals surface area (Å²) >= 11 is 0. The van der Waals surface area contributed by atoms with Gasteiger partial charge in [0.1, 0.15) is 0 Å². The van der Waals surface area contributed by atoms with Crippen molar-refractivity contribution in [2.75, 3.05) is 7.11 Å². The van der Waals surface area contributed by atoms with Crippen LogP contribution in [0.5, 0.6) is 0 Å². The van der Waals surface area contributed by atoms with Crippen molar-refractivity contribution in [3.8, 4) is 0 Å². The van der Waals surface area contributed by atoms with Gasteiger partial charge in [-0.15, -0.1) is 0 Å². The highest BCUT2D eigenvalue weighted by Gasteiger charge is 2.58. The van der Waals surface area contributed by atoms with Crippen molar-refractivity contribution >= 4 is 5.91 Å². The van der Waals surface area contributed by atoms with Crippen molar-refractivity contribution in [1.82, 2.24) is 10.3 Å². The minimum absolute atomic E-state index is 0.0294. The number of hydrogen-bond donors (Lipinski definition) is 1. The first-order valence-electron chi connectivity index (χ1n) is 7.63. The van der Waals surface area contributed by atoms with Crippen LogP contribution < -0.4 is 5.32 Å². The summed E-state index contributed by atoms with van der Waals surface area (Å²) in [5.41, 5.74) is 0.873. The minimum atomic E-state index is -0.140. The number of aromatic nitrogens is 1. The van der Waals surface area contributed by atoms with E-state index in [4.69, 9.17) is 4.74 Å². The van der Waals surface area contributed by atoms with E-state index in [1.54, 1.807) is 13.3 Å². The zero-order chi connectivity index (χ0) is 15.5. The van der Waals surface area contributed by atoms with Gasteiger partial charge in [-0.2, -0.15) is 0 Å². The fraction of sp³-hybridized carbons (Fsp3) is 0.647. The van der Waals surface area contributed by atoms with E-state index in [-0.39, 0.29) is 23.0 Å². The SMILES string of the molecule is COC1(C)CC(NC(=O)CCCc2ccccn2)C1(C)C. The third-order valence-electron chi connectivity index (χ3n) is 5.18. The van der Waals surface area contributed by atoms with Gasteiger partial charge in [0.25, 0.3) is 0 Å². The van der Waals surface area contributed by atoms with Gasteiger partial charge in [-0.05, 0) is 38.3 Å². The molecule has 0 saturated heterocycles. The standard InChI is InChI=1S/C17H26N2O2/c1-16(2)14(12-17(16,3)21-4)19-15(20)10-7-9-13-8-5-6-11-18-13/h5-6,8,11,14H,7,9-10,12H2,1-4H3,(H,19,20). The van der Waals surface area contributed by atoms with Crippen molar-refractivity contribution in [2.45, 2.75) is 58.1 Å². The third-order valence-corrected chi connectivity index (χ3v) is 5.18. The van der Waals surface area contributed by atoms with Gasteiger partial charge in [0.15, 0.2) is 0 Å². The lowest BCUT2D eigenvalue weighted by atomic mass is 9.56. The second kappa shape index (κ2) is 6.14. The Morgan fingerprint density at radius 2 is 2.19 bits per heavy atom. The van der Waals surface area contributed by atoms with Crippen LogP contribution >= 0.6 is 0 Å². The van der Waals surface area contributed by atoms with Crippen molar-refractivity contribution in [3.05, 3.63) is 30.1 Å². The molecule has 1 heterocycles. The van der Waals surface area contributed by atoms with Crippen molar-refractivity contribution in [3.63, 3.8) is 0 Å². The van der Waals surface area contributed by atoms with E-state index < -0.39 is 0 Å². The van der Waals surface area contributed by atoms with Crippen LogP contribution in [-0.2, 0) is 16.0 Å². The number of carbonyl (C=O) groups is 1. The lowest BCUT2D eigenvalue weighted by Gasteiger charge is -2.59. The monoisotopic (exact) mass is 290 g/mol. The maximum absolute atomic E-state index is 12.1. The molecule has 1 aliphatic carbocycles. The number of ether oxygens (including phenoxy) is 1. The number of pyridine rings is 1. The molecule has 2 rings (SSSR count). The molecule has 4 heteroatoms. The van der Waals surface area contributed by atoms with Gasteiger partial charge >= 0.3 is 0 Å². The Morgan fingerprint density at radius 3 is 2.76 bits per heavy atom. The predicted octanol–water partition coefficient (Wildman–Crippen LogP) is 2.72. The normalized spacial score (nSPS) is 27.0. The molecule has 4 nitrogen and oxygen atoms in total. The molecule has 0 aromatic carbocycles. The first-order valence-corrected chi connectivity index (χ1v) is 7.63. The Kier molecular flexibility index (Phi) is 4.67. The van der Waals surface area contributed by atoms with Crippen LogP contribution in [0.15, 0.2) is 24.4 Å². The molecule has 2 unspecified atom stereocenters. The molecule has 0 aliphatic heterocycles. The molecule has 1 saturated carbocycles. The van der Waals surface area contributed by atoms with Crippen LogP contribution in [0.1, 0.15) is 45.7 Å². The summed E-state index contributed by atoms with van der Waals surface area (Å²) in [5.74, 6) is 0.127. The zero-order valence-corrected chi connectivity index (χ0v) is 13.5. The summed E-state index contributed by atoms with van der Waals surface area (Å²) < 4.78 is 5.58. The summed E-state index contributed by atoms with van der Waals surface area (Å²) in [6.45, 7) is 6.41. The Bertz CT molecular complexity index is 487. The van der Waals surface area contributed by atoms with Gasteiger partial charge in [0.2, 0.25) is 5.91 Å². The highest BCUT2D eigenvalue weighted by molar-refractivity contribution is 5.76. The number of amides is 1. The minimum Gasteiger partial charge on any atom is -0.378 e. The van der Waals surface area contributed by atoms with E-state index in [2.05, 4.69) is 31.1 Å². The molecule has 1 N–H and O–H groups in total. The average molecular weight is 290 g/mol. The largest absolute Gasteiger partial charge is 0.378 e. The van der Waals surface area contributed by atoms with E-state index in [9.17, 15) is 4.79 Å². The van der Waals surface area contributed by atoms with Gasteiger partial charge < -0.3 is 10.1 Å². The van der Waals surface area contributed by atoms with Crippen LogP contribution in [0.4, 0.5) is 0 Å². The first kappa shape index (κ1) is 16.0. The maximum atomic E-state index is 12.1. The molecule has 1 aliphatic rings. The van der Waals surface area contributed by atoms with Crippen LogP contribution in [0.3, 0.4) is 0 Å². The molecular formula is C17H26N2O2. The molecule has 2 atom stereocenters. The zero-order valence-electron chi connectivity index (χ0n) is 13.5. The summed E-state index contributed by atoms with van der Waals surface area (Å²) in [4.78, 5) is 16.3. The molecule has 0 bridgehead atoms. The predicted molar refractivity (Wildman–Crippen MR) is 82.9 cm³/mol. The van der Waals surface area contributed by atoms with Gasteiger partial charge in [-0.1, -0.05) is 19.9 Å². The van der Waals surface area contributed by atoms with Crippen LogP contribution in [0.25, 0.3) is 0 Å². The van der Waals surface area contributed by atoms with Crippen molar-refractivity contribution < 1.29 is 9.53 Å². The Morgan fingerprint density at radius 1 is 1.43 bits per heavy atom. The number of nitrogens with zero attached hydrogens (tertiary/aromatic N) is 1. The third kappa shape index (κ3) is 3.26. The number of rotatable bonds is 6. The summed E-state index contributed by atoms with van der Waals surface area (Å²) in [5, 5.41) is 3.14. The molecule has 1 amide bonds. The van der Waals surface area contributed by atoms with Crippen molar-refractivity contribution in [2.24, 2.45) is 5.41 Å². The van der Waals surface area contributed by atoms with E-state index in [1.807, 2.05) is 18.2 Å². The lowest BCUT2D eigenvalue weighted by molar-refractivity contribution is -0.182. The molecule has 0 spiro atoms. The second-order valence-electron chi connectivity index (χ2n) is 6.66. The molecule has 116 valence electrons. The summed E-state index contributed by atoms with van der Waals surface area (Å²) in [6.07, 6.45) is 4.89. The molecule has 1 aromatic heterocycles. The first-order chi connectivity index (χ1) is 9.89. The number of carbonyl (C=O) groups excluding carboxylic acids is 1. The molecular weight excluding hydrogens is 264 g/mol. The van der Waals surface area contributed by atoms with E-state index in [1.165, 1.54) is 0 Å². The van der Waals surface area contributed by atoms with Gasteiger partial charge in [-0.25, -0.2) is 0 Å². The number of methoxy groups -OCH3 is 1. The van der Waals surface area contributed by atoms with Crippen molar-refractivity contribution in [1.29, 1.82) is 0 Å². The summed E-state index contributed by atoms with van der Waals surface area (Å²) in [7, 11) is 1.74. The topological polar surface area (TPSA) is 51.2 Å². The smallest absolute Gasteiger partial charge is 0.220 e. The Labute approximate surface area is 127 Å². The molecule has 21 heavy (non-hydrogen) atoms. The fourth-order valence-electron chi connectivity index (χ4n) is 2.97. The van der Waals surface area contributed by atoms with Crippen LogP contribution in [0.2, 0.25) is 0 Å².